The molecule has 6 nitrogen and oxygen atoms in total. The van der Waals surface area contributed by atoms with E-state index in [1.807, 2.05) is 45.9 Å². The van der Waals surface area contributed by atoms with E-state index in [0.717, 1.165) is 10.0 Å². The fraction of sp³-hybridized carbons (Fsp3) is 0.400. The van der Waals surface area contributed by atoms with E-state index in [0.29, 0.717) is 27.8 Å². The molecule has 1 amide bonds. The number of nitrogens with zero attached hydrogens (tertiary/aromatic N) is 2. The molecule has 2 aromatic rings. The number of benzene rings is 1. The summed E-state index contributed by atoms with van der Waals surface area (Å²) in [6, 6.07) is 5.70. The summed E-state index contributed by atoms with van der Waals surface area (Å²) in [6.07, 6.45) is 0. The van der Waals surface area contributed by atoms with E-state index in [-0.39, 0.29) is 17.1 Å². The van der Waals surface area contributed by atoms with Gasteiger partial charge in [-0.3, -0.25) is 4.79 Å². The van der Waals surface area contributed by atoms with Crippen LogP contribution in [-0.2, 0) is 14.9 Å². The van der Waals surface area contributed by atoms with Gasteiger partial charge in [0.05, 0.1) is 24.2 Å². The number of hydrogen-bond acceptors (Lipinski definition) is 6. The average molecular weight is 466 g/mol. The first-order valence-electron chi connectivity index (χ1n) is 8.69. The number of carbonyl (C=O) groups is 2. The molecule has 1 aromatic heterocycles. The summed E-state index contributed by atoms with van der Waals surface area (Å²) >= 11 is 4.64. The maximum absolute atomic E-state index is 12.4. The van der Waals surface area contributed by atoms with Gasteiger partial charge in [0.2, 0.25) is 5.91 Å². The number of aryl methyl sites for hydroxylation is 2. The molecular weight excluding hydrogens is 442 g/mol. The summed E-state index contributed by atoms with van der Waals surface area (Å²) in [7, 11) is 1.31. The zero-order valence-corrected chi connectivity index (χ0v) is 19.2. The average Bonchev–Trinajstić information content (AvgIpc) is 2.60. The highest BCUT2D eigenvalue weighted by Crippen LogP contribution is 2.28. The Hall–Kier alpha value is -1.93. The number of hydrogen-bond donors (Lipinski definition) is 1. The van der Waals surface area contributed by atoms with Crippen LogP contribution in [0.15, 0.2) is 27.7 Å². The highest BCUT2D eigenvalue weighted by Gasteiger charge is 2.25. The summed E-state index contributed by atoms with van der Waals surface area (Å²) in [4.78, 5) is 33.6. The number of aromatic nitrogens is 2. The summed E-state index contributed by atoms with van der Waals surface area (Å²) in [5.74, 6) is 0.00702. The number of rotatable bonds is 5. The van der Waals surface area contributed by atoms with Gasteiger partial charge in [-0.1, -0.05) is 38.6 Å². The molecule has 0 radical (unpaired) electrons. The van der Waals surface area contributed by atoms with Crippen molar-refractivity contribution in [1.29, 1.82) is 0 Å². The van der Waals surface area contributed by atoms with Crippen LogP contribution in [0.2, 0.25) is 0 Å². The van der Waals surface area contributed by atoms with E-state index in [1.165, 1.54) is 18.9 Å². The highest BCUT2D eigenvalue weighted by molar-refractivity contribution is 9.10. The van der Waals surface area contributed by atoms with Crippen molar-refractivity contribution in [2.45, 2.75) is 45.1 Å². The van der Waals surface area contributed by atoms with Crippen molar-refractivity contribution in [1.82, 2.24) is 9.97 Å². The molecule has 8 heteroatoms. The molecule has 0 unspecified atom stereocenters. The second-order valence-corrected chi connectivity index (χ2v) is 9.19. The summed E-state index contributed by atoms with van der Waals surface area (Å²) < 4.78 is 5.69. The van der Waals surface area contributed by atoms with Crippen molar-refractivity contribution in [3.63, 3.8) is 0 Å². The van der Waals surface area contributed by atoms with E-state index >= 15 is 0 Å². The molecular formula is C20H24BrN3O3S. The van der Waals surface area contributed by atoms with Crippen molar-refractivity contribution < 1.29 is 14.3 Å². The molecule has 150 valence electrons. The number of nitrogens with one attached hydrogen (secondary N) is 1. The summed E-state index contributed by atoms with van der Waals surface area (Å²) in [6.45, 7) is 9.71. The Labute approximate surface area is 178 Å². The second-order valence-electron chi connectivity index (χ2n) is 7.37. The molecule has 1 heterocycles. The van der Waals surface area contributed by atoms with Gasteiger partial charge in [-0.15, -0.1) is 0 Å². The quantitative estimate of drug-likeness (QED) is 0.392. The minimum Gasteiger partial charge on any atom is -0.465 e. The van der Waals surface area contributed by atoms with Gasteiger partial charge in [0, 0.05) is 9.89 Å². The Morgan fingerprint density at radius 1 is 1.21 bits per heavy atom. The smallest absolute Gasteiger partial charge is 0.342 e. The molecule has 0 aliphatic rings. The Kier molecular flexibility index (Phi) is 7.22. The van der Waals surface area contributed by atoms with Crippen molar-refractivity contribution in [2.75, 3.05) is 18.2 Å². The number of methoxy groups -OCH3 is 1. The van der Waals surface area contributed by atoms with Crippen molar-refractivity contribution in [3.05, 3.63) is 45.3 Å². The molecule has 1 N–H and O–H groups in total. The topological polar surface area (TPSA) is 81.2 Å². The van der Waals surface area contributed by atoms with Gasteiger partial charge in [0.1, 0.15) is 16.4 Å². The standard InChI is InChI=1S/C20H24BrN3O3S/c1-11-7-8-14(13(21)9-11)23-15(25)10-28-17-16(18(26)27-6)12(2)22-19(24-17)20(3,4)5/h7-9H,10H2,1-6H3,(H,23,25). The third kappa shape index (κ3) is 5.54. The van der Waals surface area contributed by atoms with Crippen molar-refractivity contribution in [2.24, 2.45) is 0 Å². The molecule has 0 spiro atoms. The summed E-state index contributed by atoms with van der Waals surface area (Å²) in [5.41, 5.74) is 2.33. The van der Waals surface area contributed by atoms with Gasteiger partial charge < -0.3 is 10.1 Å². The lowest BCUT2D eigenvalue weighted by Gasteiger charge is -2.19. The fourth-order valence-corrected chi connectivity index (χ4v) is 3.82. The Balaban J connectivity index is 2.24. The number of esters is 1. The largest absolute Gasteiger partial charge is 0.465 e. The van der Waals surface area contributed by atoms with Crippen LogP contribution in [0.5, 0.6) is 0 Å². The van der Waals surface area contributed by atoms with Gasteiger partial charge in [-0.05, 0) is 47.5 Å². The van der Waals surface area contributed by atoms with E-state index in [4.69, 9.17) is 4.74 Å². The van der Waals surface area contributed by atoms with E-state index < -0.39 is 5.97 Å². The van der Waals surface area contributed by atoms with Crippen LogP contribution < -0.4 is 5.32 Å². The predicted octanol–water partition coefficient (Wildman–Crippen LogP) is 4.67. The lowest BCUT2D eigenvalue weighted by molar-refractivity contribution is -0.113. The first-order valence-corrected chi connectivity index (χ1v) is 10.5. The van der Waals surface area contributed by atoms with E-state index in [1.54, 1.807) is 6.92 Å². The molecule has 0 bridgehead atoms. The zero-order chi connectivity index (χ0) is 21.1. The Morgan fingerprint density at radius 2 is 1.89 bits per heavy atom. The van der Waals surface area contributed by atoms with E-state index in [2.05, 4.69) is 31.2 Å². The maximum Gasteiger partial charge on any atom is 0.342 e. The van der Waals surface area contributed by atoms with Crippen LogP contribution in [-0.4, -0.2) is 34.7 Å². The third-order valence-electron chi connectivity index (χ3n) is 3.86. The van der Waals surface area contributed by atoms with Crippen LogP contribution in [0.1, 0.15) is 48.2 Å². The van der Waals surface area contributed by atoms with Gasteiger partial charge >= 0.3 is 5.97 Å². The molecule has 0 aliphatic carbocycles. The number of ether oxygens (including phenoxy) is 1. The molecule has 0 atom stereocenters. The van der Waals surface area contributed by atoms with Crippen LogP contribution >= 0.6 is 27.7 Å². The van der Waals surface area contributed by atoms with Gasteiger partial charge in [0.15, 0.2) is 0 Å². The Morgan fingerprint density at radius 3 is 2.46 bits per heavy atom. The van der Waals surface area contributed by atoms with Gasteiger partial charge in [-0.2, -0.15) is 0 Å². The molecule has 0 saturated carbocycles. The third-order valence-corrected chi connectivity index (χ3v) is 5.49. The number of anilines is 1. The normalized spacial score (nSPS) is 11.2. The Bertz CT molecular complexity index is 910. The number of carbonyl (C=O) groups excluding carboxylic acids is 2. The van der Waals surface area contributed by atoms with Crippen LogP contribution in [0.4, 0.5) is 5.69 Å². The second kappa shape index (κ2) is 9.05. The van der Waals surface area contributed by atoms with Crippen molar-refractivity contribution >= 4 is 45.3 Å². The molecule has 0 fully saturated rings. The fourth-order valence-electron chi connectivity index (χ4n) is 2.37. The van der Waals surface area contributed by atoms with Gasteiger partial charge in [-0.25, -0.2) is 14.8 Å². The van der Waals surface area contributed by atoms with Gasteiger partial charge in [0.25, 0.3) is 0 Å². The zero-order valence-electron chi connectivity index (χ0n) is 16.8. The molecule has 28 heavy (non-hydrogen) atoms. The molecule has 0 saturated heterocycles. The lowest BCUT2D eigenvalue weighted by Crippen LogP contribution is -2.21. The summed E-state index contributed by atoms with van der Waals surface area (Å²) in [5, 5.41) is 3.31. The molecule has 1 aromatic carbocycles. The number of amides is 1. The highest BCUT2D eigenvalue weighted by atomic mass is 79.9. The first kappa shape index (κ1) is 22.4. The monoisotopic (exact) mass is 465 g/mol. The van der Waals surface area contributed by atoms with Crippen LogP contribution in [0.3, 0.4) is 0 Å². The molecule has 0 aliphatic heterocycles. The van der Waals surface area contributed by atoms with Crippen molar-refractivity contribution in [3.8, 4) is 0 Å². The van der Waals surface area contributed by atoms with E-state index in [9.17, 15) is 9.59 Å². The first-order chi connectivity index (χ1) is 13.0. The minimum absolute atomic E-state index is 0.102. The maximum atomic E-state index is 12.4. The number of thioether (sulfide) groups is 1. The predicted molar refractivity (Wildman–Crippen MR) is 115 cm³/mol. The number of halogens is 1. The SMILES string of the molecule is COC(=O)c1c(C)nc(C(C)(C)C)nc1SCC(=O)Nc1ccc(C)cc1Br. The minimum atomic E-state index is -0.512. The lowest BCUT2D eigenvalue weighted by atomic mass is 9.95. The molecule has 2 rings (SSSR count). The van der Waals surface area contributed by atoms with Crippen LogP contribution in [0, 0.1) is 13.8 Å². The van der Waals surface area contributed by atoms with Crippen LogP contribution in [0.25, 0.3) is 0 Å².